The molecule has 0 radical (unpaired) electrons. The highest BCUT2D eigenvalue weighted by Crippen LogP contribution is 2.40. The van der Waals surface area contributed by atoms with Gasteiger partial charge >= 0.3 is 0 Å². The Kier molecular flexibility index (Phi) is 5.05. The molecule has 0 amide bonds. The lowest BCUT2D eigenvalue weighted by Crippen LogP contribution is -2.37. The van der Waals surface area contributed by atoms with Crippen LogP contribution >= 0.6 is 0 Å². The first-order valence-corrected chi connectivity index (χ1v) is 6.75. The number of hydrogen-bond donors (Lipinski definition) is 1. The van der Waals surface area contributed by atoms with Gasteiger partial charge in [0, 0.05) is 13.2 Å². The van der Waals surface area contributed by atoms with E-state index in [0.29, 0.717) is 25.2 Å². The van der Waals surface area contributed by atoms with Gasteiger partial charge < -0.3 is 19.5 Å². The minimum absolute atomic E-state index is 0.539. The smallest absolute Gasteiger partial charge is 0.161 e. The molecule has 0 aliphatic heterocycles. The molecule has 1 aliphatic rings. The van der Waals surface area contributed by atoms with Crippen molar-refractivity contribution in [3.8, 4) is 11.5 Å². The Hall–Kier alpha value is -1.26. The van der Waals surface area contributed by atoms with E-state index in [4.69, 9.17) is 14.2 Å². The summed E-state index contributed by atoms with van der Waals surface area (Å²) in [5.74, 6) is 2.23. The minimum atomic E-state index is 0.539. The molecule has 1 aromatic rings. The lowest BCUT2D eigenvalue weighted by Gasteiger charge is -2.35. The van der Waals surface area contributed by atoms with E-state index in [-0.39, 0.29) is 0 Å². The van der Waals surface area contributed by atoms with Gasteiger partial charge in [-0.05, 0) is 43.5 Å². The maximum Gasteiger partial charge on any atom is 0.161 e. The molecule has 19 heavy (non-hydrogen) atoms. The molecule has 0 unspecified atom stereocenters. The lowest BCUT2D eigenvalue weighted by molar-refractivity contribution is 0.144. The zero-order chi connectivity index (χ0) is 13.7. The third-order valence-electron chi connectivity index (χ3n) is 3.75. The Morgan fingerprint density at radius 2 is 1.95 bits per heavy atom. The molecule has 0 bridgehead atoms. The molecule has 1 fully saturated rings. The summed E-state index contributed by atoms with van der Waals surface area (Å²) in [6.45, 7) is 1.12. The standard InChI is InChI=1S/C15H23NO3/c1-16-13-8-12(9-13)11-4-5-14(15(10-11)18-3)19-7-6-17-2/h4-5,10,12-13,16H,6-9H2,1-3H3. The maximum absolute atomic E-state index is 5.63. The van der Waals surface area contributed by atoms with E-state index < -0.39 is 0 Å². The van der Waals surface area contributed by atoms with E-state index in [9.17, 15) is 0 Å². The van der Waals surface area contributed by atoms with Gasteiger partial charge in [0.25, 0.3) is 0 Å². The van der Waals surface area contributed by atoms with Crippen LogP contribution in [0, 0.1) is 0 Å². The maximum atomic E-state index is 5.63. The van der Waals surface area contributed by atoms with Crippen LogP contribution in [0.15, 0.2) is 18.2 Å². The zero-order valence-corrected chi connectivity index (χ0v) is 11.9. The van der Waals surface area contributed by atoms with Gasteiger partial charge in [-0.2, -0.15) is 0 Å². The first-order valence-electron chi connectivity index (χ1n) is 6.75. The summed E-state index contributed by atoms with van der Waals surface area (Å²) >= 11 is 0. The van der Waals surface area contributed by atoms with E-state index in [1.54, 1.807) is 14.2 Å². The molecule has 1 saturated carbocycles. The topological polar surface area (TPSA) is 39.7 Å². The van der Waals surface area contributed by atoms with Crippen LogP contribution in [0.25, 0.3) is 0 Å². The van der Waals surface area contributed by atoms with Crippen molar-refractivity contribution in [1.82, 2.24) is 5.32 Å². The van der Waals surface area contributed by atoms with Crippen molar-refractivity contribution in [1.29, 1.82) is 0 Å². The van der Waals surface area contributed by atoms with Gasteiger partial charge in [-0.15, -0.1) is 0 Å². The largest absolute Gasteiger partial charge is 0.493 e. The van der Waals surface area contributed by atoms with Gasteiger partial charge in [-0.3, -0.25) is 0 Å². The van der Waals surface area contributed by atoms with Gasteiger partial charge in [0.05, 0.1) is 13.7 Å². The average Bonchev–Trinajstić information content (AvgIpc) is 2.39. The molecule has 4 nitrogen and oxygen atoms in total. The van der Waals surface area contributed by atoms with Crippen molar-refractivity contribution in [3.05, 3.63) is 23.8 Å². The summed E-state index contributed by atoms with van der Waals surface area (Å²) in [5, 5.41) is 3.31. The van der Waals surface area contributed by atoms with Gasteiger partial charge in [-0.1, -0.05) is 6.07 Å². The highest BCUT2D eigenvalue weighted by Gasteiger charge is 2.29. The first kappa shape index (κ1) is 14.2. The second-order valence-corrected chi connectivity index (χ2v) is 4.91. The van der Waals surface area contributed by atoms with Crippen LogP contribution in [0.2, 0.25) is 0 Å². The third kappa shape index (κ3) is 3.39. The van der Waals surface area contributed by atoms with Crippen molar-refractivity contribution < 1.29 is 14.2 Å². The van der Waals surface area contributed by atoms with Crippen molar-refractivity contribution in [2.24, 2.45) is 0 Å². The Morgan fingerprint density at radius 1 is 1.16 bits per heavy atom. The summed E-state index contributed by atoms with van der Waals surface area (Å²) in [6, 6.07) is 6.89. The Labute approximate surface area is 115 Å². The molecular formula is C15H23NO3. The van der Waals surface area contributed by atoms with Crippen molar-refractivity contribution in [2.75, 3.05) is 34.5 Å². The molecule has 0 spiro atoms. The van der Waals surface area contributed by atoms with Crippen LogP contribution in [0.4, 0.5) is 0 Å². The monoisotopic (exact) mass is 265 g/mol. The number of nitrogens with one attached hydrogen (secondary N) is 1. The molecule has 1 aromatic carbocycles. The Morgan fingerprint density at radius 3 is 2.58 bits per heavy atom. The molecule has 4 heteroatoms. The van der Waals surface area contributed by atoms with Crippen LogP contribution in [0.1, 0.15) is 24.3 Å². The molecule has 0 atom stereocenters. The predicted molar refractivity (Wildman–Crippen MR) is 75.2 cm³/mol. The number of benzene rings is 1. The van der Waals surface area contributed by atoms with Crippen LogP contribution in [-0.2, 0) is 4.74 Å². The van der Waals surface area contributed by atoms with E-state index in [1.165, 1.54) is 18.4 Å². The Bertz CT molecular complexity index is 402. The highest BCUT2D eigenvalue weighted by molar-refractivity contribution is 5.44. The third-order valence-corrected chi connectivity index (χ3v) is 3.75. The van der Waals surface area contributed by atoms with E-state index in [2.05, 4.69) is 17.4 Å². The molecule has 2 rings (SSSR count). The molecule has 106 valence electrons. The quantitative estimate of drug-likeness (QED) is 0.767. The van der Waals surface area contributed by atoms with Crippen molar-refractivity contribution in [2.45, 2.75) is 24.8 Å². The number of ether oxygens (including phenoxy) is 3. The molecule has 0 saturated heterocycles. The predicted octanol–water partition coefficient (Wildman–Crippen LogP) is 2.19. The lowest BCUT2D eigenvalue weighted by atomic mass is 9.76. The van der Waals surface area contributed by atoms with Gasteiger partial charge in [-0.25, -0.2) is 0 Å². The summed E-state index contributed by atoms with van der Waals surface area (Å²) in [6.07, 6.45) is 2.40. The number of methoxy groups -OCH3 is 2. The van der Waals surface area contributed by atoms with Gasteiger partial charge in [0.1, 0.15) is 6.61 Å². The van der Waals surface area contributed by atoms with Gasteiger partial charge in [0.15, 0.2) is 11.5 Å². The zero-order valence-electron chi connectivity index (χ0n) is 11.9. The van der Waals surface area contributed by atoms with Crippen LogP contribution in [0.3, 0.4) is 0 Å². The SMILES string of the molecule is CNC1CC(c2ccc(OCCOC)c(OC)c2)C1. The second-order valence-electron chi connectivity index (χ2n) is 4.91. The number of rotatable bonds is 7. The minimum Gasteiger partial charge on any atom is -0.493 e. The number of hydrogen-bond acceptors (Lipinski definition) is 4. The van der Waals surface area contributed by atoms with E-state index >= 15 is 0 Å². The van der Waals surface area contributed by atoms with Crippen molar-refractivity contribution >= 4 is 0 Å². The van der Waals surface area contributed by atoms with Crippen LogP contribution in [0.5, 0.6) is 11.5 Å². The van der Waals surface area contributed by atoms with Crippen LogP contribution < -0.4 is 14.8 Å². The molecule has 0 heterocycles. The highest BCUT2D eigenvalue weighted by atomic mass is 16.5. The fourth-order valence-electron chi connectivity index (χ4n) is 2.42. The second kappa shape index (κ2) is 6.78. The van der Waals surface area contributed by atoms with E-state index in [1.807, 2.05) is 13.1 Å². The summed E-state index contributed by atoms with van der Waals surface area (Å²) < 4.78 is 16.0. The summed E-state index contributed by atoms with van der Waals surface area (Å²) in [4.78, 5) is 0. The molecule has 0 aromatic heterocycles. The van der Waals surface area contributed by atoms with Crippen LogP contribution in [-0.4, -0.2) is 40.5 Å². The van der Waals surface area contributed by atoms with E-state index in [0.717, 1.165) is 11.5 Å². The first-order chi connectivity index (χ1) is 9.28. The fraction of sp³-hybridized carbons (Fsp3) is 0.600. The van der Waals surface area contributed by atoms with Gasteiger partial charge in [0.2, 0.25) is 0 Å². The molecule has 1 N–H and O–H groups in total. The molecular weight excluding hydrogens is 242 g/mol. The van der Waals surface area contributed by atoms with Crippen molar-refractivity contribution in [3.63, 3.8) is 0 Å². The normalized spacial score (nSPS) is 21.8. The molecule has 1 aliphatic carbocycles. The summed E-state index contributed by atoms with van der Waals surface area (Å²) in [5.41, 5.74) is 1.34. The fourth-order valence-corrected chi connectivity index (χ4v) is 2.42. The summed E-state index contributed by atoms with van der Waals surface area (Å²) in [7, 11) is 5.37. The average molecular weight is 265 g/mol. The Balaban J connectivity index is 2.00.